The molecule has 0 aromatic heterocycles. The van der Waals surface area contributed by atoms with Gasteiger partial charge in [0.05, 0.1) is 0 Å². The van der Waals surface area contributed by atoms with Gasteiger partial charge in [0.2, 0.25) is 0 Å². The summed E-state index contributed by atoms with van der Waals surface area (Å²) < 4.78 is 0. The van der Waals surface area contributed by atoms with Crippen molar-refractivity contribution in [1.82, 2.24) is 4.90 Å². The Morgan fingerprint density at radius 1 is 1.20 bits per heavy atom. The lowest BCUT2D eigenvalue weighted by Crippen LogP contribution is -2.42. The van der Waals surface area contributed by atoms with Gasteiger partial charge in [-0.05, 0) is 37.8 Å². The van der Waals surface area contributed by atoms with Crippen molar-refractivity contribution in [1.29, 1.82) is 0 Å². The van der Waals surface area contributed by atoms with Crippen molar-refractivity contribution in [2.24, 2.45) is 17.6 Å². The summed E-state index contributed by atoms with van der Waals surface area (Å²) in [5, 5.41) is 0. The van der Waals surface area contributed by atoms with E-state index in [0.717, 1.165) is 18.5 Å². The monoisotopic (exact) mass is 212 g/mol. The van der Waals surface area contributed by atoms with E-state index in [9.17, 15) is 0 Å². The van der Waals surface area contributed by atoms with Crippen molar-refractivity contribution in [2.75, 3.05) is 19.6 Å². The molecular weight excluding hydrogens is 184 g/mol. The Bertz CT molecular complexity index is 168. The van der Waals surface area contributed by atoms with Gasteiger partial charge in [-0.1, -0.05) is 33.6 Å². The first-order chi connectivity index (χ1) is 7.15. The fraction of sp³-hybridized carbons (Fsp3) is 1.00. The average Bonchev–Trinajstić information content (AvgIpc) is 2.43. The van der Waals surface area contributed by atoms with Crippen LogP contribution in [0.4, 0.5) is 0 Å². The predicted molar refractivity (Wildman–Crippen MR) is 66.9 cm³/mol. The highest BCUT2D eigenvalue weighted by atomic mass is 15.2. The van der Waals surface area contributed by atoms with Crippen LogP contribution in [0.15, 0.2) is 0 Å². The van der Waals surface area contributed by atoms with Gasteiger partial charge in [-0.3, -0.25) is 4.90 Å². The largest absolute Gasteiger partial charge is 0.330 e. The highest BCUT2D eigenvalue weighted by molar-refractivity contribution is 4.79. The molecule has 90 valence electrons. The van der Waals surface area contributed by atoms with Crippen LogP contribution < -0.4 is 5.73 Å². The van der Waals surface area contributed by atoms with Gasteiger partial charge in [0, 0.05) is 12.6 Å². The van der Waals surface area contributed by atoms with E-state index in [2.05, 4.69) is 25.7 Å². The molecule has 0 spiro atoms. The van der Waals surface area contributed by atoms with Crippen LogP contribution in [-0.2, 0) is 0 Å². The summed E-state index contributed by atoms with van der Waals surface area (Å²) >= 11 is 0. The Morgan fingerprint density at radius 2 is 1.93 bits per heavy atom. The second-order valence-corrected chi connectivity index (χ2v) is 5.50. The third-order valence-corrected chi connectivity index (χ3v) is 3.63. The fourth-order valence-electron chi connectivity index (χ4n) is 2.65. The number of hydrogen-bond acceptors (Lipinski definition) is 2. The molecule has 2 N–H and O–H groups in total. The first-order valence-corrected chi connectivity index (χ1v) is 6.59. The summed E-state index contributed by atoms with van der Waals surface area (Å²) in [4.78, 5) is 2.69. The summed E-state index contributed by atoms with van der Waals surface area (Å²) in [6.07, 6.45) is 5.59. The van der Waals surface area contributed by atoms with Gasteiger partial charge < -0.3 is 5.73 Å². The van der Waals surface area contributed by atoms with E-state index in [1.165, 1.54) is 38.8 Å². The number of nitrogens with two attached hydrogens (primary N) is 1. The van der Waals surface area contributed by atoms with Gasteiger partial charge in [0.25, 0.3) is 0 Å². The Labute approximate surface area is 95.2 Å². The maximum atomic E-state index is 5.72. The van der Waals surface area contributed by atoms with Crippen molar-refractivity contribution >= 4 is 0 Å². The topological polar surface area (TPSA) is 29.3 Å². The van der Waals surface area contributed by atoms with E-state index in [1.54, 1.807) is 0 Å². The van der Waals surface area contributed by atoms with Crippen molar-refractivity contribution in [3.8, 4) is 0 Å². The molecule has 15 heavy (non-hydrogen) atoms. The molecule has 0 saturated carbocycles. The standard InChI is InChI=1S/C13H28N2/c1-11(2)13-7-5-4-6-8-15(13)10-12(3)9-14/h11-13H,4-10,14H2,1-3H3. The van der Waals surface area contributed by atoms with Crippen LogP contribution in [0.3, 0.4) is 0 Å². The lowest BCUT2D eigenvalue weighted by atomic mass is 9.97. The first kappa shape index (κ1) is 13.0. The highest BCUT2D eigenvalue weighted by Gasteiger charge is 2.24. The lowest BCUT2D eigenvalue weighted by molar-refractivity contribution is 0.139. The van der Waals surface area contributed by atoms with Crippen molar-refractivity contribution in [3.63, 3.8) is 0 Å². The van der Waals surface area contributed by atoms with Crippen molar-refractivity contribution in [3.05, 3.63) is 0 Å². The van der Waals surface area contributed by atoms with Crippen molar-refractivity contribution in [2.45, 2.75) is 52.5 Å². The zero-order valence-corrected chi connectivity index (χ0v) is 10.7. The molecule has 0 bridgehead atoms. The van der Waals surface area contributed by atoms with Crippen LogP contribution in [0.1, 0.15) is 46.5 Å². The maximum absolute atomic E-state index is 5.72. The molecule has 1 rings (SSSR count). The molecule has 0 aromatic carbocycles. The van der Waals surface area contributed by atoms with Gasteiger partial charge in [-0.2, -0.15) is 0 Å². The third kappa shape index (κ3) is 4.12. The summed E-state index contributed by atoms with van der Waals surface area (Å²) in [5.41, 5.74) is 5.72. The van der Waals surface area contributed by atoms with Crippen LogP contribution in [0.5, 0.6) is 0 Å². The minimum Gasteiger partial charge on any atom is -0.330 e. The molecule has 2 nitrogen and oxygen atoms in total. The van der Waals surface area contributed by atoms with Gasteiger partial charge in [0.1, 0.15) is 0 Å². The van der Waals surface area contributed by atoms with Gasteiger partial charge >= 0.3 is 0 Å². The van der Waals surface area contributed by atoms with Crippen LogP contribution in [0.25, 0.3) is 0 Å². The minimum atomic E-state index is 0.643. The number of likely N-dealkylation sites (tertiary alicyclic amines) is 1. The Hall–Kier alpha value is -0.0800. The second kappa shape index (κ2) is 6.49. The van der Waals surface area contributed by atoms with Crippen LogP contribution in [0, 0.1) is 11.8 Å². The third-order valence-electron chi connectivity index (χ3n) is 3.63. The molecule has 1 aliphatic heterocycles. The molecule has 0 aliphatic carbocycles. The van der Waals surface area contributed by atoms with Crippen LogP contribution >= 0.6 is 0 Å². The quantitative estimate of drug-likeness (QED) is 0.776. The Morgan fingerprint density at radius 3 is 2.53 bits per heavy atom. The molecule has 2 unspecified atom stereocenters. The van der Waals surface area contributed by atoms with Crippen molar-refractivity contribution < 1.29 is 0 Å². The molecule has 0 amide bonds. The van der Waals surface area contributed by atoms with E-state index in [-0.39, 0.29) is 0 Å². The summed E-state index contributed by atoms with van der Waals surface area (Å²) in [6, 6.07) is 0.793. The van der Waals surface area contributed by atoms with Crippen LogP contribution in [0.2, 0.25) is 0 Å². The molecule has 1 aliphatic rings. The molecule has 1 heterocycles. The molecule has 2 atom stereocenters. The molecule has 0 radical (unpaired) electrons. The smallest absolute Gasteiger partial charge is 0.0118 e. The zero-order valence-electron chi connectivity index (χ0n) is 10.7. The fourth-order valence-corrected chi connectivity index (χ4v) is 2.65. The van der Waals surface area contributed by atoms with E-state index < -0.39 is 0 Å². The minimum absolute atomic E-state index is 0.643. The number of rotatable bonds is 4. The SMILES string of the molecule is CC(CN)CN1CCCCCC1C(C)C. The van der Waals surface area contributed by atoms with Gasteiger partial charge in [-0.15, -0.1) is 0 Å². The Balaban J connectivity index is 2.53. The van der Waals surface area contributed by atoms with Crippen LogP contribution in [-0.4, -0.2) is 30.6 Å². The predicted octanol–water partition coefficient (Wildman–Crippen LogP) is 2.48. The maximum Gasteiger partial charge on any atom is 0.0118 e. The molecule has 1 saturated heterocycles. The highest BCUT2D eigenvalue weighted by Crippen LogP contribution is 2.23. The molecule has 0 aromatic rings. The summed E-state index contributed by atoms with van der Waals surface area (Å²) in [6.45, 7) is 10.3. The summed E-state index contributed by atoms with van der Waals surface area (Å²) in [5.74, 6) is 1.43. The van der Waals surface area contributed by atoms with Gasteiger partial charge in [-0.25, -0.2) is 0 Å². The normalized spacial score (nSPS) is 26.6. The Kier molecular flexibility index (Phi) is 5.62. The summed E-state index contributed by atoms with van der Waals surface area (Å²) in [7, 11) is 0. The van der Waals surface area contributed by atoms with E-state index in [1.807, 2.05) is 0 Å². The van der Waals surface area contributed by atoms with E-state index in [0.29, 0.717) is 5.92 Å². The second-order valence-electron chi connectivity index (χ2n) is 5.50. The first-order valence-electron chi connectivity index (χ1n) is 6.59. The zero-order chi connectivity index (χ0) is 11.3. The number of nitrogens with zero attached hydrogens (tertiary/aromatic N) is 1. The molecule has 2 heteroatoms. The van der Waals surface area contributed by atoms with E-state index >= 15 is 0 Å². The molecule has 1 fully saturated rings. The number of hydrogen-bond donors (Lipinski definition) is 1. The average molecular weight is 212 g/mol. The molecular formula is C13H28N2. The lowest BCUT2D eigenvalue weighted by Gasteiger charge is -2.34. The van der Waals surface area contributed by atoms with E-state index in [4.69, 9.17) is 5.73 Å². The van der Waals surface area contributed by atoms with Gasteiger partial charge in [0.15, 0.2) is 0 Å².